The van der Waals surface area contributed by atoms with Crippen LogP contribution < -0.4 is 5.32 Å². The van der Waals surface area contributed by atoms with Gasteiger partial charge in [0.2, 0.25) is 11.8 Å². The predicted octanol–water partition coefficient (Wildman–Crippen LogP) is 6.15. The van der Waals surface area contributed by atoms with Crippen molar-refractivity contribution in [1.82, 2.24) is 10.2 Å². The van der Waals surface area contributed by atoms with Crippen molar-refractivity contribution in [3.8, 4) is 0 Å². The molecule has 1 N–H and O–H groups in total. The van der Waals surface area contributed by atoms with Crippen molar-refractivity contribution in [3.05, 3.63) is 83.9 Å². The molecule has 1 aliphatic heterocycles. The Kier molecular flexibility index (Phi) is 6.05. The maximum atomic E-state index is 14.0. The van der Waals surface area contributed by atoms with E-state index in [0.29, 0.717) is 23.8 Å². The molecule has 4 nitrogen and oxygen atoms in total. The molecule has 0 bridgehead atoms. The van der Waals surface area contributed by atoms with Gasteiger partial charge in [-0.25, -0.2) is 0 Å². The molecule has 3 aliphatic carbocycles. The maximum Gasteiger partial charge on any atom is 0.246 e. The molecular weight excluding hydrogens is 456 g/mol. The Morgan fingerprint density at radius 1 is 0.892 bits per heavy atom. The van der Waals surface area contributed by atoms with E-state index in [1.165, 1.54) is 6.42 Å². The quantitative estimate of drug-likeness (QED) is 0.552. The monoisotopic (exact) mass is 496 g/mol. The fourth-order valence-electron chi connectivity index (χ4n) is 9.06. The summed E-state index contributed by atoms with van der Waals surface area (Å²) in [6.07, 6.45) is 10.6. The zero-order chi connectivity index (χ0) is 25.8. The molecule has 7 atom stereocenters. The number of likely N-dealkylation sites (N-methyl/N-ethyl adjacent to an activating group) is 1. The van der Waals surface area contributed by atoms with E-state index >= 15 is 0 Å². The van der Waals surface area contributed by atoms with Crippen molar-refractivity contribution in [2.45, 2.75) is 64.5 Å². The lowest BCUT2D eigenvalue weighted by atomic mass is 9.47. The number of carbonyl (C=O) groups excluding carboxylic acids is 2. The van der Waals surface area contributed by atoms with Crippen LogP contribution in [0.25, 0.3) is 0 Å². The summed E-state index contributed by atoms with van der Waals surface area (Å²) >= 11 is 0. The lowest BCUT2D eigenvalue weighted by molar-refractivity contribution is -0.142. The van der Waals surface area contributed by atoms with Crippen LogP contribution in [0.3, 0.4) is 0 Å². The number of nitrogens with one attached hydrogen (secondary N) is 1. The molecule has 3 fully saturated rings. The van der Waals surface area contributed by atoms with Crippen LogP contribution in [-0.4, -0.2) is 29.8 Å². The van der Waals surface area contributed by atoms with Gasteiger partial charge < -0.3 is 10.2 Å². The van der Waals surface area contributed by atoms with Crippen molar-refractivity contribution in [2.24, 2.45) is 34.5 Å². The van der Waals surface area contributed by atoms with Crippen LogP contribution in [0.15, 0.2) is 72.8 Å². The fourth-order valence-corrected chi connectivity index (χ4v) is 9.06. The van der Waals surface area contributed by atoms with Crippen molar-refractivity contribution in [3.63, 3.8) is 0 Å². The van der Waals surface area contributed by atoms with Gasteiger partial charge in [-0.15, -0.1) is 0 Å². The van der Waals surface area contributed by atoms with E-state index < -0.39 is 0 Å². The molecular formula is C33H40N2O2. The number of benzene rings is 2. The minimum Gasteiger partial charge on any atom is -0.345 e. The second kappa shape index (κ2) is 9.15. The van der Waals surface area contributed by atoms with E-state index in [1.54, 1.807) is 0 Å². The number of hydrogen-bond donors (Lipinski definition) is 1. The van der Waals surface area contributed by atoms with Crippen LogP contribution in [0.1, 0.15) is 69.5 Å². The SMILES string of the molecule is CN1C(=O)C=C[C@]2(C)[C@H]3CC[C@]4(C)[C@@H](C(=O)NC(c5ccccc5)c5ccccc5)CC[C@H]4[C@@H]3CC[C@@H]12. The van der Waals surface area contributed by atoms with Gasteiger partial charge in [-0.3, -0.25) is 9.59 Å². The molecule has 0 saturated heterocycles. The zero-order valence-electron chi connectivity index (χ0n) is 22.4. The van der Waals surface area contributed by atoms with Gasteiger partial charge in [0.15, 0.2) is 0 Å². The fraction of sp³-hybridized carbons (Fsp3) is 0.515. The molecule has 0 radical (unpaired) electrons. The molecule has 3 saturated carbocycles. The second-order valence-electron chi connectivity index (χ2n) is 12.6. The smallest absolute Gasteiger partial charge is 0.246 e. The molecule has 2 amide bonds. The van der Waals surface area contributed by atoms with Crippen LogP contribution in [0, 0.1) is 34.5 Å². The van der Waals surface area contributed by atoms with Gasteiger partial charge in [0.1, 0.15) is 0 Å². The molecule has 2 aromatic carbocycles. The molecule has 0 spiro atoms. The average molecular weight is 497 g/mol. The third-order valence-corrected chi connectivity index (χ3v) is 11.0. The molecule has 37 heavy (non-hydrogen) atoms. The van der Waals surface area contributed by atoms with Crippen molar-refractivity contribution in [2.75, 3.05) is 7.05 Å². The van der Waals surface area contributed by atoms with Crippen LogP contribution in [0.4, 0.5) is 0 Å². The van der Waals surface area contributed by atoms with Crippen LogP contribution in [0.5, 0.6) is 0 Å². The normalized spacial score (nSPS) is 36.6. The lowest BCUT2D eigenvalue weighted by Crippen LogP contribution is -2.59. The van der Waals surface area contributed by atoms with Gasteiger partial charge in [-0.1, -0.05) is 80.6 Å². The van der Waals surface area contributed by atoms with Gasteiger partial charge in [0.25, 0.3) is 0 Å². The highest BCUT2D eigenvalue weighted by molar-refractivity contribution is 5.89. The van der Waals surface area contributed by atoms with Crippen LogP contribution in [-0.2, 0) is 9.59 Å². The standard InChI is InChI=1S/C33H40N2O2/c1-32-20-18-26-24(14-17-28-33(26,2)21-19-29(36)35(28)3)25(32)15-16-27(32)31(37)34-30(22-10-6-4-7-11-22)23-12-8-5-9-13-23/h4-13,19,21,24-28,30H,14-18,20H2,1-3H3,(H,34,37)/t24-,25-,26-,27+,28+,32-,33+/m0/s1. The van der Waals surface area contributed by atoms with Gasteiger partial charge in [-0.05, 0) is 78.9 Å². The maximum absolute atomic E-state index is 14.0. The van der Waals surface area contributed by atoms with Gasteiger partial charge >= 0.3 is 0 Å². The number of carbonyl (C=O) groups is 2. The first-order valence-electron chi connectivity index (χ1n) is 14.2. The average Bonchev–Trinajstić information content (AvgIpc) is 3.28. The molecule has 1 heterocycles. The zero-order valence-corrected chi connectivity index (χ0v) is 22.4. The van der Waals surface area contributed by atoms with Crippen molar-refractivity contribution >= 4 is 11.8 Å². The summed E-state index contributed by atoms with van der Waals surface area (Å²) in [6, 6.07) is 20.9. The Labute approximate surface area is 221 Å². The number of hydrogen-bond acceptors (Lipinski definition) is 2. The first-order valence-corrected chi connectivity index (χ1v) is 14.2. The Bertz CT molecular complexity index is 1150. The minimum atomic E-state index is -0.135. The summed E-state index contributed by atoms with van der Waals surface area (Å²) in [5.74, 6) is 2.19. The van der Waals surface area contributed by atoms with E-state index in [2.05, 4.69) is 49.5 Å². The number of fused-ring (bicyclic) bond motifs is 5. The van der Waals surface area contributed by atoms with E-state index in [4.69, 9.17) is 0 Å². The first kappa shape index (κ1) is 24.5. The molecule has 4 aliphatic rings. The van der Waals surface area contributed by atoms with Gasteiger partial charge in [-0.2, -0.15) is 0 Å². The summed E-state index contributed by atoms with van der Waals surface area (Å²) in [5.41, 5.74) is 2.32. The summed E-state index contributed by atoms with van der Waals surface area (Å²) in [6.45, 7) is 4.80. The largest absolute Gasteiger partial charge is 0.345 e. The third-order valence-electron chi connectivity index (χ3n) is 11.0. The topological polar surface area (TPSA) is 49.4 Å². The molecule has 2 aromatic rings. The molecule has 194 valence electrons. The Morgan fingerprint density at radius 3 is 2.19 bits per heavy atom. The molecule has 4 heteroatoms. The number of nitrogens with zero attached hydrogens (tertiary/aromatic N) is 1. The van der Waals surface area contributed by atoms with Crippen molar-refractivity contribution in [1.29, 1.82) is 0 Å². The minimum absolute atomic E-state index is 0.0342. The highest BCUT2D eigenvalue weighted by Gasteiger charge is 2.61. The van der Waals surface area contributed by atoms with Crippen LogP contribution in [0.2, 0.25) is 0 Å². The molecule has 0 aromatic heterocycles. The highest BCUT2D eigenvalue weighted by atomic mass is 16.2. The van der Waals surface area contributed by atoms with Gasteiger partial charge in [0.05, 0.1) is 6.04 Å². The summed E-state index contributed by atoms with van der Waals surface area (Å²) < 4.78 is 0. The van der Waals surface area contributed by atoms with Crippen molar-refractivity contribution < 1.29 is 9.59 Å². The number of amides is 2. The predicted molar refractivity (Wildman–Crippen MR) is 146 cm³/mol. The third kappa shape index (κ3) is 3.86. The van der Waals surface area contributed by atoms with E-state index in [0.717, 1.165) is 43.2 Å². The lowest BCUT2D eigenvalue weighted by Gasteiger charge is -2.60. The summed E-state index contributed by atoms with van der Waals surface area (Å²) in [5, 5.41) is 3.49. The summed E-state index contributed by atoms with van der Waals surface area (Å²) in [7, 11) is 1.98. The summed E-state index contributed by atoms with van der Waals surface area (Å²) in [4.78, 5) is 28.4. The molecule has 0 unspecified atom stereocenters. The number of rotatable bonds is 4. The molecule has 6 rings (SSSR count). The Balaban J connectivity index is 1.25. The van der Waals surface area contributed by atoms with E-state index in [9.17, 15) is 9.59 Å². The second-order valence-corrected chi connectivity index (χ2v) is 12.6. The van der Waals surface area contributed by atoms with Gasteiger partial charge in [0, 0.05) is 24.4 Å². The Morgan fingerprint density at radius 2 is 1.54 bits per heavy atom. The van der Waals surface area contributed by atoms with E-state index in [1.807, 2.05) is 54.4 Å². The Hall–Kier alpha value is -2.88. The first-order chi connectivity index (χ1) is 17.8. The highest BCUT2D eigenvalue weighted by Crippen LogP contribution is 2.65. The van der Waals surface area contributed by atoms with Crippen LogP contribution >= 0.6 is 0 Å². The van der Waals surface area contributed by atoms with E-state index in [-0.39, 0.29) is 34.6 Å².